The second-order valence-electron chi connectivity index (χ2n) is 7.31. The van der Waals surface area contributed by atoms with Crippen LogP contribution in [0.25, 0.3) is 0 Å². The Bertz CT molecular complexity index is 886. The maximum absolute atomic E-state index is 13.1. The normalized spacial score (nSPS) is 18.8. The zero-order valence-electron chi connectivity index (χ0n) is 16.5. The van der Waals surface area contributed by atoms with Crippen LogP contribution in [-0.2, 0) is 11.0 Å². The highest BCUT2D eigenvalue weighted by atomic mass is 79.9. The summed E-state index contributed by atoms with van der Waals surface area (Å²) in [6.07, 6.45) is -3.13. The summed E-state index contributed by atoms with van der Waals surface area (Å²) in [6.45, 7) is 3.26. The molecule has 0 aliphatic carbocycles. The van der Waals surface area contributed by atoms with Crippen molar-refractivity contribution in [3.8, 4) is 5.75 Å². The first kappa shape index (κ1) is 22.6. The molecule has 30 heavy (non-hydrogen) atoms. The molecule has 2 aromatic carbocycles. The zero-order chi connectivity index (χ0) is 21.9. The van der Waals surface area contributed by atoms with E-state index >= 15 is 0 Å². The number of rotatable bonds is 6. The molecule has 2 aromatic rings. The zero-order valence-corrected chi connectivity index (χ0v) is 18.0. The van der Waals surface area contributed by atoms with Gasteiger partial charge in [-0.25, -0.2) is 0 Å². The van der Waals surface area contributed by atoms with Crippen molar-refractivity contribution in [3.63, 3.8) is 0 Å². The van der Waals surface area contributed by atoms with E-state index in [9.17, 15) is 23.1 Å². The van der Waals surface area contributed by atoms with E-state index in [1.165, 1.54) is 12.1 Å². The molecule has 2 atom stereocenters. The third-order valence-corrected chi connectivity index (χ3v) is 5.78. The van der Waals surface area contributed by atoms with Crippen LogP contribution in [0.5, 0.6) is 5.75 Å². The number of carboxylic acid groups (broad SMARTS) is 1. The minimum atomic E-state index is -4.42. The summed E-state index contributed by atoms with van der Waals surface area (Å²) in [5.74, 6) is -0.744. The van der Waals surface area contributed by atoms with E-state index in [2.05, 4.69) is 15.9 Å². The van der Waals surface area contributed by atoms with Gasteiger partial charge in [-0.3, -0.25) is 9.69 Å². The van der Waals surface area contributed by atoms with Gasteiger partial charge in [-0.1, -0.05) is 28.1 Å². The molecule has 0 spiro atoms. The molecule has 2 unspecified atom stereocenters. The molecular weight excluding hydrogens is 463 g/mol. The molecule has 0 bridgehead atoms. The van der Waals surface area contributed by atoms with Crippen LogP contribution < -0.4 is 4.74 Å². The molecule has 1 fully saturated rings. The fourth-order valence-corrected chi connectivity index (χ4v) is 4.28. The number of ether oxygens (including phenoxy) is 1. The van der Waals surface area contributed by atoms with Gasteiger partial charge in [0.15, 0.2) is 0 Å². The van der Waals surface area contributed by atoms with Crippen LogP contribution in [0.15, 0.2) is 46.9 Å². The van der Waals surface area contributed by atoms with Crippen molar-refractivity contribution >= 4 is 21.9 Å². The van der Waals surface area contributed by atoms with E-state index in [-0.39, 0.29) is 0 Å². The molecule has 0 amide bonds. The smallest absolute Gasteiger partial charge is 0.416 e. The number of aliphatic carboxylic acids is 1. The molecule has 1 N–H and O–H groups in total. The van der Waals surface area contributed by atoms with Gasteiger partial charge in [0.1, 0.15) is 5.75 Å². The van der Waals surface area contributed by atoms with Crippen molar-refractivity contribution < 1.29 is 27.8 Å². The lowest BCUT2D eigenvalue weighted by Gasteiger charge is -2.38. The van der Waals surface area contributed by atoms with E-state index in [0.717, 1.165) is 22.2 Å². The molecule has 1 aliphatic heterocycles. The van der Waals surface area contributed by atoms with Crippen molar-refractivity contribution in [2.75, 3.05) is 19.7 Å². The number of likely N-dealkylation sites (tertiary alicyclic amines) is 1. The van der Waals surface area contributed by atoms with Gasteiger partial charge in [0.2, 0.25) is 0 Å². The summed E-state index contributed by atoms with van der Waals surface area (Å²) in [4.78, 5) is 13.6. The molecule has 0 aromatic heterocycles. The summed E-state index contributed by atoms with van der Waals surface area (Å²) < 4.78 is 45.8. The number of piperidine rings is 1. The van der Waals surface area contributed by atoms with Gasteiger partial charge in [-0.15, -0.1) is 0 Å². The van der Waals surface area contributed by atoms with Gasteiger partial charge in [-0.05, 0) is 62.2 Å². The molecule has 1 heterocycles. The van der Waals surface area contributed by atoms with Crippen LogP contribution in [0.2, 0.25) is 0 Å². The molecule has 0 radical (unpaired) electrons. The second-order valence-corrected chi connectivity index (χ2v) is 8.23. The van der Waals surface area contributed by atoms with Gasteiger partial charge in [-0.2, -0.15) is 13.2 Å². The third-order valence-electron chi connectivity index (χ3n) is 5.29. The monoisotopic (exact) mass is 485 g/mol. The summed E-state index contributed by atoms with van der Waals surface area (Å²) in [5.41, 5.74) is 0.733. The number of carboxylic acids is 1. The fourth-order valence-electron chi connectivity index (χ4n) is 3.90. The Morgan fingerprint density at radius 3 is 2.57 bits per heavy atom. The third kappa shape index (κ3) is 5.16. The number of nitrogens with zero attached hydrogens (tertiary/aromatic N) is 1. The van der Waals surface area contributed by atoms with Crippen LogP contribution in [0, 0.1) is 5.92 Å². The lowest BCUT2D eigenvalue weighted by molar-refractivity contribution is -0.144. The highest BCUT2D eigenvalue weighted by Crippen LogP contribution is 2.39. The quantitative estimate of drug-likeness (QED) is 0.565. The molecule has 0 saturated carbocycles. The molecular formula is C22H23BrF3NO3. The first-order chi connectivity index (χ1) is 14.2. The minimum Gasteiger partial charge on any atom is -0.494 e. The minimum absolute atomic E-state index is 0.319. The number of hydrogen-bond acceptors (Lipinski definition) is 3. The van der Waals surface area contributed by atoms with Gasteiger partial charge >= 0.3 is 12.1 Å². The molecule has 1 saturated heterocycles. The number of alkyl halides is 3. The van der Waals surface area contributed by atoms with Gasteiger partial charge < -0.3 is 9.84 Å². The average Bonchev–Trinajstić information content (AvgIpc) is 2.70. The summed E-state index contributed by atoms with van der Waals surface area (Å²) in [6, 6.07) is 10.2. The molecule has 162 valence electrons. The molecule has 4 nitrogen and oxygen atoms in total. The lowest BCUT2D eigenvalue weighted by Crippen LogP contribution is -2.41. The fraction of sp³-hybridized carbons (Fsp3) is 0.409. The predicted octanol–water partition coefficient (Wildman–Crippen LogP) is 5.75. The first-order valence-corrected chi connectivity index (χ1v) is 10.6. The Kier molecular flexibility index (Phi) is 7.08. The van der Waals surface area contributed by atoms with E-state index in [1.54, 1.807) is 0 Å². The Balaban J connectivity index is 2.08. The largest absolute Gasteiger partial charge is 0.494 e. The van der Waals surface area contributed by atoms with Crippen molar-refractivity contribution in [1.29, 1.82) is 0 Å². The molecule has 3 rings (SSSR count). The number of hydrogen-bond donors (Lipinski definition) is 1. The van der Waals surface area contributed by atoms with Crippen LogP contribution in [0.1, 0.15) is 42.5 Å². The van der Waals surface area contributed by atoms with Crippen molar-refractivity contribution in [3.05, 3.63) is 63.6 Å². The van der Waals surface area contributed by atoms with Crippen LogP contribution in [0.4, 0.5) is 13.2 Å². The summed E-state index contributed by atoms with van der Waals surface area (Å²) in [5, 5.41) is 9.50. The standard InChI is InChI=1S/C22H23BrF3NO3/c1-2-30-19-10-9-17(23)12-18(19)20(27-11-3-4-15(13-27)21(28)29)14-5-7-16(8-6-14)22(24,25)26/h5-10,12,15,20H,2-4,11,13H2,1H3,(H,28,29). The topological polar surface area (TPSA) is 49.8 Å². The maximum atomic E-state index is 13.1. The molecule has 8 heteroatoms. The van der Waals surface area contributed by atoms with Gasteiger partial charge in [0.25, 0.3) is 0 Å². The van der Waals surface area contributed by atoms with Crippen molar-refractivity contribution in [2.24, 2.45) is 5.92 Å². The van der Waals surface area contributed by atoms with Gasteiger partial charge in [0.05, 0.1) is 24.1 Å². The molecule has 1 aliphatic rings. The van der Waals surface area contributed by atoms with Crippen LogP contribution >= 0.6 is 15.9 Å². The Labute approximate surface area is 181 Å². The second kappa shape index (κ2) is 9.39. The van der Waals surface area contributed by atoms with Crippen molar-refractivity contribution in [1.82, 2.24) is 4.90 Å². The SMILES string of the molecule is CCOc1ccc(Br)cc1C(c1ccc(C(F)(F)F)cc1)N1CCCC(C(=O)O)C1. The summed E-state index contributed by atoms with van der Waals surface area (Å²) in [7, 11) is 0. The van der Waals surface area contributed by atoms with E-state index < -0.39 is 29.7 Å². The highest BCUT2D eigenvalue weighted by Gasteiger charge is 2.34. The number of halogens is 4. The number of carbonyl (C=O) groups is 1. The maximum Gasteiger partial charge on any atom is 0.416 e. The van der Waals surface area contributed by atoms with Crippen LogP contribution in [-0.4, -0.2) is 35.7 Å². The Hall–Kier alpha value is -2.06. The summed E-state index contributed by atoms with van der Waals surface area (Å²) >= 11 is 3.47. The predicted molar refractivity (Wildman–Crippen MR) is 111 cm³/mol. The van der Waals surface area contributed by atoms with Gasteiger partial charge in [0, 0.05) is 16.6 Å². The first-order valence-electron chi connectivity index (χ1n) is 9.77. The van der Waals surface area contributed by atoms with Crippen LogP contribution in [0.3, 0.4) is 0 Å². The Morgan fingerprint density at radius 2 is 1.97 bits per heavy atom. The van der Waals surface area contributed by atoms with Crippen molar-refractivity contribution in [2.45, 2.75) is 32.0 Å². The number of benzene rings is 2. The van der Waals surface area contributed by atoms with E-state index in [1.807, 2.05) is 30.0 Å². The average molecular weight is 486 g/mol. The van der Waals surface area contributed by atoms with E-state index in [0.29, 0.717) is 43.9 Å². The highest BCUT2D eigenvalue weighted by molar-refractivity contribution is 9.10. The lowest BCUT2D eigenvalue weighted by atomic mass is 9.90. The Morgan fingerprint density at radius 1 is 1.27 bits per heavy atom. The van der Waals surface area contributed by atoms with E-state index in [4.69, 9.17) is 4.74 Å².